The molecule has 3 heteroatoms. The molecule has 3 nitrogen and oxygen atoms in total. The van der Waals surface area contributed by atoms with Crippen molar-refractivity contribution in [2.75, 3.05) is 20.3 Å². The Balaban J connectivity index is 1.96. The van der Waals surface area contributed by atoms with Crippen molar-refractivity contribution in [2.45, 2.75) is 96.8 Å². The van der Waals surface area contributed by atoms with E-state index in [-0.39, 0.29) is 5.97 Å². The first-order valence-electron chi connectivity index (χ1n) is 10.4. The zero-order valence-corrected chi connectivity index (χ0v) is 16.2. The molecule has 0 N–H and O–H groups in total. The molecule has 0 aromatic carbocycles. The van der Waals surface area contributed by atoms with Gasteiger partial charge in [0.25, 0.3) is 0 Å². The van der Waals surface area contributed by atoms with E-state index in [4.69, 9.17) is 4.74 Å². The van der Waals surface area contributed by atoms with Gasteiger partial charge in [0, 0.05) is 19.6 Å². The van der Waals surface area contributed by atoms with Crippen LogP contribution in [0.4, 0.5) is 0 Å². The van der Waals surface area contributed by atoms with Crippen LogP contribution in [0.2, 0.25) is 0 Å². The van der Waals surface area contributed by atoms with Gasteiger partial charge in [-0.1, -0.05) is 64.7 Å². The Morgan fingerprint density at radius 3 is 2.00 bits per heavy atom. The Morgan fingerprint density at radius 1 is 0.875 bits per heavy atom. The molecule has 0 aliphatic carbocycles. The summed E-state index contributed by atoms with van der Waals surface area (Å²) in [6.45, 7) is 4.26. The Labute approximate surface area is 149 Å². The zero-order chi connectivity index (χ0) is 17.5. The summed E-state index contributed by atoms with van der Waals surface area (Å²) in [5.41, 5.74) is 0. The first kappa shape index (κ1) is 21.5. The fourth-order valence-electron chi connectivity index (χ4n) is 3.78. The second-order valence-corrected chi connectivity index (χ2v) is 7.59. The predicted octanol–water partition coefficient (Wildman–Crippen LogP) is 5.90. The molecule has 24 heavy (non-hydrogen) atoms. The molecule has 0 saturated carbocycles. The van der Waals surface area contributed by atoms with Crippen LogP contribution >= 0.6 is 0 Å². The number of rotatable bonds is 14. The summed E-state index contributed by atoms with van der Waals surface area (Å²) >= 11 is 0. The van der Waals surface area contributed by atoms with Crippen LogP contribution < -0.4 is 0 Å². The summed E-state index contributed by atoms with van der Waals surface area (Å²) < 4.78 is 10.5. The van der Waals surface area contributed by atoms with Crippen LogP contribution in [-0.4, -0.2) is 26.3 Å². The van der Waals surface area contributed by atoms with E-state index in [1.807, 2.05) is 0 Å². The van der Waals surface area contributed by atoms with Crippen molar-refractivity contribution in [3.8, 4) is 0 Å². The van der Waals surface area contributed by atoms with Crippen molar-refractivity contribution >= 4 is 5.97 Å². The van der Waals surface area contributed by atoms with Crippen LogP contribution in [0, 0.1) is 11.8 Å². The predicted molar refractivity (Wildman–Crippen MR) is 100 cm³/mol. The van der Waals surface area contributed by atoms with Gasteiger partial charge in [-0.15, -0.1) is 0 Å². The van der Waals surface area contributed by atoms with E-state index in [1.54, 1.807) is 0 Å². The third-order valence-corrected chi connectivity index (χ3v) is 5.31. The third kappa shape index (κ3) is 11.1. The van der Waals surface area contributed by atoms with Gasteiger partial charge in [-0.3, -0.25) is 4.79 Å². The van der Waals surface area contributed by atoms with E-state index in [0.29, 0.717) is 6.42 Å². The van der Waals surface area contributed by atoms with Crippen LogP contribution in [0.25, 0.3) is 0 Å². The van der Waals surface area contributed by atoms with Gasteiger partial charge in [-0.05, 0) is 37.5 Å². The summed E-state index contributed by atoms with van der Waals surface area (Å²) in [5.74, 6) is 1.52. The van der Waals surface area contributed by atoms with Gasteiger partial charge in [-0.2, -0.15) is 0 Å². The Hall–Kier alpha value is -0.570. The first-order chi connectivity index (χ1) is 11.8. The Bertz CT molecular complexity index is 303. The number of hydrogen-bond donors (Lipinski definition) is 0. The smallest absolute Gasteiger partial charge is 0.305 e. The summed E-state index contributed by atoms with van der Waals surface area (Å²) in [5, 5.41) is 0. The third-order valence-electron chi connectivity index (χ3n) is 5.31. The molecule has 2 unspecified atom stereocenters. The molecule has 0 aromatic heterocycles. The fourth-order valence-corrected chi connectivity index (χ4v) is 3.78. The number of ether oxygens (including phenoxy) is 2. The molecule has 1 fully saturated rings. The SMILES string of the molecule is CCCCCCCC1COCC(CCCCCCCC(=O)OC)C1. The molecule has 1 aliphatic heterocycles. The number of esters is 1. The lowest BCUT2D eigenvalue weighted by Gasteiger charge is -2.29. The highest BCUT2D eigenvalue weighted by atomic mass is 16.5. The minimum Gasteiger partial charge on any atom is -0.469 e. The van der Waals surface area contributed by atoms with E-state index < -0.39 is 0 Å². The van der Waals surface area contributed by atoms with Crippen LogP contribution in [-0.2, 0) is 14.3 Å². The molecule has 142 valence electrons. The minimum absolute atomic E-state index is 0.0740. The van der Waals surface area contributed by atoms with Crippen molar-refractivity contribution in [1.82, 2.24) is 0 Å². The monoisotopic (exact) mass is 340 g/mol. The lowest BCUT2D eigenvalue weighted by atomic mass is 9.86. The number of carbonyl (C=O) groups excluding carboxylic acids is 1. The quantitative estimate of drug-likeness (QED) is 0.291. The van der Waals surface area contributed by atoms with Gasteiger partial charge in [0.15, 0.2) is 0 Å². The molecule has 0 aromatic rings. The van der Waals surface area contributed by atoms with E-state index in [2.05, 4.69) is 11.7 Å². The average molecular weight is 341 g/mol. The van der Waals surface area contributed by atoms with E-state index in [1.165, 1.54) is 77.7 Å². The highest BCUT2D eigenvalue weighted by Crippen LogP contribution is 2.28. The van der Waals surface area contributed by atoms with E-state index >= 15 is 0 Å². The lowest BCUT2D eigenvalue weighted by molar-refractivity contribution is -0.140. The van der Waals surface area contributed by atoms with E-state index in [0.717, 1.165) is 37.9 Å². The van der Waals surface area contributed by atoms with Crippen molar-refractivity contribution in [2.24, 2.45) is 11.8 Å². The number of hydrogen-bond acceptors (Lipinski definition) is 3. The van der Waals surface area contributed by atoms with Crippen molar-refractivity contribution in [3.05, 3.63) is 0 Å². The molecule has 0 bridgehead atoms. The van der Waals surface area contributed by atoms with Crippen LogP contribution in [0.15, 0.2) is 0 Å². The normalized spacial score (nSPS) is 20.9. The molecule has 1 aliphatic rings. The zero-order valence-electron chi connectivity index (χ0n) is 16.2. The molecular formula is C21H40O3. The van der Waals surface area contributed by atoms with Crippen molar-refractivity contribution in [1.29, 1.82) is 0 Å². The largest absolute Gasteiger partial charge is 0.469 e. The maximum absolute atomic E-state index is 11.0. The topological polar surface area (TPSA) is 35.5 Å². The fraction of sp³-hybridized carbons (Fsp3) is 0.952. The summed E-state index contributed by atoms with van der Waals surface area (Å²) in [7, 11) is 1.47. The highest BCUT2D eigenvalue weighted by molar-refractivity contribution is 5.68. The van der Waals surface area contributed by atoms with Crippen LogP contribution in [0.5, 0.6) is 0 Å². The molecule has 1 heterocycles. The minimum atomic E-state index is -0.0740. The van der Waals surface area contributed by atoms with Crippen molar-refractivity contribution in [3.63, 3.8) is 0 Å². The van der Waals surface area contributed by atoms with Gasteiger partial charge >= 0.3 is 5.97 Å². The number of carbonyl (C=O) groups is 1. The molecule has 2 atom stereocenters. The van der Waals surface area contributed by atoms with Gasteiger partial charge in [-0.25, -0.2) is 0 Å². The summed E-state index contributed by atoms with van der Waals surface area (Å²) in [6, 6.07) is 0. The van der Waals surface area contributed by atoms with Gasteiger partial charge in [0.2, 0.25) is 0 Å². The molecule has 1 rings (SSSR count). The molecular weight excluding hydrogens is 300 g/mol. The average Bonchev–Trinajstić information content (AvgIpc) is 2.61. The first-order valence-corrected chi connectivity index (χ1v) is 10.4. The maximum Gasteiger partial charge on any atom is 0.305 e. The highest BCUT2D eigenvalue weighted by Gasteiger charge is 2.21. The Kier molecular flexibility index (Phi) is 13.2. The van der Waals surface area contributed by atoms with Gasteiger partial charge in [0.1, 0.15) is 0 Å². The van der Waals surface area contributed by atoms with Crippen LogP contribution in [0.3, 0.4) is 0 Å². The number of methoxy groups -OCH3 is 1. The molecule has 0 spiro atoms. The van der Waals surface area contributed by atoms with E-state index in [9.17, 15) is 4.79 Å². The molecule has 0 radical (unpaired) electrons. The maximum atomic E-state index is 11.0. The second kappa shape index (κ2) is 14.7. The second-order valence-electron chi connectivity index (χ2n) is 7.59. The standard InChI is InChI=1S/C21H40O3/c1-3-4-5-7-10-13-19-16-20(18-24-17-19)14-11-8-6-9-12-15-21(22)23-2/h19-20H,3-18H2,1-2H3. The molecule has 1 saturated heterocycles. The van der Waals surface area contributed by atoms with Gasteiger partial charge in [0.05, 0.1) is 7.11 Å². The summed E-state index contributed by atoms with van der Waals surface area (Å²) in [6.07, 6.45) is 17.5. The van der Waals surface area contributed by atoms with Crippen LogP contribution in [0.1, 0.15) is 96.8 Å². The Morgan fingerprint density at radius 2 is 1.42 bits per heavy atom. The van der Waals surface area contributed by atoms with Crippen molar-refractivity contribution < 1.29 is 14.3 Å². The summed E-state index contributed by atoms with van der Waals surface area (Å²) in [4.78, 5) is 11.0. The number of unbranched alkanes of at least 4 members (excludes halogenated alkanes) is 8. The van der Waals surface area contributed by atoms with Gasteiger partial charge < -0.3 is 9.47 Å². The molecule has 0 amide bonds. The lowest BCUT2D eigenvalue weighted by Crippen LogP contribution is -2.25.